The highest BCUT2D eigenvalue weighted by molar-refractivity contribution is 6.30. The van der Waals surface area contributed by atoms with Crippen molar-refractivity contribution in [3.05, 3.63) is 82.2 Å². The zero-order chi connectivity index (χ0) is 34.1. The lowest BCUT2D eigenvalue weighted by Gasteiger charge is -2.20. The minimum absolute atomic E-state index is 0.328. The van der Waals surface area contributed by atoms with Gasteiger partial charge in [0.25, 0.3) is 0 Å². The molecule has 0 bridgehead atoms. The molecule has 4 aliphatic rings. The van der Waals surface area contributed by atoms with Gasteiger partial charge >= 0.3 is 11.9 Å². The van der Waals surface area contributed by atoms with Crippen LogP contribution in [-0.2, 0) is 29.0 Å². The second kappa shape index (κ2) is 14.2. The molecule has 2 aliphatic heterocycles. The van der Waals surface area contributed by atoms with Crippen molar-refractivity contribution in [1.82, 2.24) is 29.5 Å². The number of hydrogen-bond acceptors (Lipinski definition) is 10. The summed E-state index contributed by atoms with van der Waals surface area (Å²) in [5.74, 6) is 4.87. The summed E-state index contributed by atoms with van der Waals surface area (Å²) in [4.78, 5) is 37.6. The molecule has 13 heteroatoms. The largest absolute Gasteiger partial charge is 0.462 e. The lowest BCUT2D eigenvalue weighted by molar-refractivity contribution is 0.0516. The minimum Gasteiger partial charge on any atom is -0.462 e. The number of carbonyl (C=O) groups is 2. The lowest BCUT2D eigenvalue weighted by Crippen LogP contribution is -2.23. The van der Waals surface area contributed by atoms with Crippen LogP contribution in [0.4, 0.5) is 11.6 Å². The second-order valence-corrected chi connectivity index (χ2v) is 13.7. The summed E-state index contributed by atoms with van der Waals surface area (Å²) >= 11 is 6.35. The first-order valence-corrected chi connectivity index (χ1v) is 17.7. The van der Waals surface area contributed by atoms with Crippen molar-refractivity contribution in [2.45, 2.75) is 53.1 Å². The molecule has 0 spiro atoms. The molecule has 4 atom stereocenters. The molecule has 2 saturated heterocycles. The first-order chi connectivity index (χ1) is 23.8. The van der Waals surface area contributed by atoms with Gasteiger partial charge in [-0.05, 0) is 74.5 Å². The second-order valence-electron chi connectivity index (χ2n) is 13.4. The van der Waals surface area contributed by atoms with E-state index in [1.54, 1.807) is 41.8 Å². The molecule has 0 amide bonds. The van der Waals surface area contributed by atoms with Crippen LogP contribution >= 0.6 is 11.6 Å². The number of aromatic nitrogens is 6. The van der Waals surface area contributed by atoms with Crippen LogP contribution in [0.3, 0.4) is 0 Å². The Balaban J connectivity index is 0.000000154. The molecule has 0 N–H and O–H groups in total. The van der Waals surface area contributed by atoms with E-state index in [4.69, 9.17) is 26.1 Å². The summed E-state index contributed by atoms with van der Waals surface area (Å²) in [6.07, 6.45) is 10.1. The van der Waals surface area contributed by atoms with E-state index < -0.39 is 0 Å². The molecule has 0 radical (unpaired) electrons. The zero-order valence-electron chi connectivity index (χ0n) is 28.3. The van der Waals surface area contributed by atoms with E-state index in [-0.39, 0.29) is 11.9 Å². The quantitative estimate of drug-likeness (QED) is 0.155. The standard InChI is InChI=1S/C19H24N4O2.C17H19ClN4O2/c1-3-17-13(11-23-12-16(8-20-23)19(24)25-4-2)5-6-18(21-17)22-9-14-7-15(14)10-22;1-2-24-17(23)14-6-19-22(10-14)9-11-3-4-15(20-16(11)18)21-7-12-5-13(12)8-21/h5-6,8,12,14-15H,3-4,7,9-11H2,1-2H3;3-4,6,10,12-13H,2,5,7-9H2,1H3. The number of ether oxygens (including phenoxy) is 2. The number of pyridine rings is 2. The van der Waals surface area contributed by atoms with Crippen LogP contribution in [0, 0.1) is 23.7 Å². The number of piperidine rings is 2. The highest BCUT2D eigenvalue weighted by Gasteiger charge is 2.46. The maximum absolute atomic E-state index is 11.8. The van der Waals surface area contributed by atoms with E-state index in [2.05, 4.69) is 44.0 Å². The van der Waals surface area contributed by atoms with Crippen molar-refractivity contribution in [3.8, 4) is 0 Å². The molecule has 4 unspecified atom stereocenters. The van der Waals surface area contributed by atoms with Gasteiger partial charge < -0.3 is 19.3 Å². The van der Waals surface area contributed by atoms with Crippen LogP contribution in [0.25, 0.3) is 0 Å². The summed E-state index contributed by atoms with van der Waals surface area (Å²) in [5.41, 5.74) is 4.05. The molecule has 6 heterocycles. The van der Waals surface area contributed by atoms with Gasteiger partial charge in [-0.2, -0.15) is 10.2 Å². The van der Waals surface area contributed by atoms with Crippen molar-refractivity contribution in [3.63, 3.8) is 0 Å². The number of halogens is 1. The summed E-state index contributed by atoms with van der Waals surface area (Å²) in [6.45, 7) is 12.0. The molecule has 2 saturated carbocycles. The van der Waals surface area contributed by atoms with Gasteiger partial charge in [-0.25, -0.2) is 19.6 Å². The fraction of sp³-hybridized carbons (Fsp3) is 0.500. The van der Waals surface area contributed by atoms with Crippen LogP contribution in [-0.4, -0.2) is 80.9 Å². The van der Waals surface area contributed by atoms with Crippen molar-refractivity contribution in [2.24, 2.45) is 23.7 Å². The van der Waals surface area contributed by atoms with Gasteiger partial charge in [-0.15, -0.1) is 0 Å². The molecule has 4 aromatic rings. The lowest BCUT2D eigenvalue weighted by atomic mass is 10.1. The third-order valence-corrected chi connectivity index (χ3v) is 10.2. The molecule has 49 heavy (non-hydrogen) atoms. The van der Waals surface area contributed by atoms with E-state index >= 15 is 0 Å². The van der Waals surface area contributed by atoms with Crippen LogP contribution in [0.5, 0.6) is 0 Å². The Morgan fingerprint density at radius 3 is 1.65 bits per heavy atom. The van der Waals surface area contributed by atoms with Crippen molar-refractivity contribution < 1.29 is 19.1 Å². The average molecular weight is 687 g/mol. The third kappa shape index (κ3) is 7.59. The van der Waals surface area contributed by atoms with Gasteiger partial charge in [0.05, 0.1) is 49.8 Å². The highest BCUT2D eigenvalue weighted by Crippen LogP contribution is 2.46. The predicted molar refractivity (Wildman–Crippen MR) is 185 cm³/mol. The van der Waals surface area contributed by atoms with Crippen molar-refractivity contribution in [1.29, 1.82) is 0 Å². The number of esters is 2. The van der Waals surface area contributed by atoms with E-state index in [9.17, 15) is 9.59 Å². The normalized spacial score (nSPS) is 21.5. The van der Waals surface area contributed by atoms with Gasteiger partial charge in [0.2, 0.25) is 0 Å². The summed E-state index contributed by atoms with van der Waals surface area (Å²) in [7, 11) is 0. The molecule has 0 aromatic carbocycles. The van der Waals surface area contributed by atoms with Crippen LogP contribution in [0.1, 0.15) is 71.1 Å². The van der Waals surface area contributed by atoms with Gasteiger partial charge in [0.1, 0.15) is 16.8 Å². The van der Waals surface area contributed by atoms with E-state index in [0.29, 0.717) is 42.6 Å². The number of hydrogen-bond donors (Lipinski definition) is 0. The number of rotatable bonds is 11. The molecular weight excluding hydrogens is 644 g/mol. The zero-order valence-corrected chi connectivity index (χ0v) is 29.1. The van der Waals surface area contributed by atoms with Gasteiger partial charge in [0.15, 0.2) is 0 Å². The molecule has 12 nitrogen and oxygen atoms in total. The van der Waals surface area contributed by atoms with Crippen molar-refractivity contribution in [2.75, 3.05) is 49.2 Å². The topological polar surface area (TPSA) is 120 Å². The number of carbonyl (C=O) groups excluding carboxylic acids is 2. The highest BCUT2D eigenvalue weighted by atomic mass is 35.5. The van der Waals surface area contributed by atoms with E-state index in [1.807, 2.05) is 12.1 Å². The van der Waals surface area contributed by atoms with Crippen LogP contribution < -0.4 is 9.80 Å². The van der Waals surface area contributed by atoms with Crippen molar-refractivity contribution >= 4 is 35.2 Å². The van der Waals surface area contributed by atoms with Crippen LogP contribution in [0.15, 0.2) is 49.1 Å². The third-order valence-electron chi connectivity index (χ3n) is 9.86. The molecule has 4 fully saturated rings. The minimum atomic E-state index is -0.365. The monoisotopic (exact) mass is 686 g/mol. The van der Waals surface area contributed by atoms with E-state index in [1.165, 1.54) is 19.0 Å². The Morgan fingerprint density at radius 2 is 1.18 bits per heavy atom. The first kappa shape index (κ1) is 33.1. The first-order valence-electron chi connectivity index (χ1n) is 17.3. The number of fused-ring (bicyclic) bond motifs is 2. The fourth-order valence-corrected chi connectivity index (χ4v) is 7.16. The molecule has 2 aliphatic carbocycles. The van der Waals surface area contributed by atoms with Gasteiger partial charge in [-0.3, -0.25) is 9.36 Å². The average Bonchev–Trinajstić information content (AvgIpc) is 3.63. The molecule has 258 valence electrons. The smallest absolute Gasteiger partial charge is 0.341 e. The number of anilines is 2. The van der Waals surface area contributed by atoms with E-state index in [0.717, 1.165) is 84.7 Å². The fourth-order valence-electron chi connectivity index (χ4n) is 6.95. The summed E-state index contributed by atoms with van der Waals surface area (Å²) in [5, 5.41) is 8.96. The van der Waals surface area contributed by atoms with Gasteiger partial charge in [-0.1, -0.05) is 30.7 Å². The molecule has 8 rings (SSSR count). The SMILES string of the molecule is CCOC(=O)c1cnn(Cc2ccc(N3CC4CC4C3)nc2CC)c1.CCOC(=O)c1cnn(Cc2ccc(N3CC4CC4C3)nc2Cl)c1. The Hall–Kier alpha value is -4.45. The number of nitrogens with zero attached hydrogens (tertiary/aromatic N) is 8. The Morgan fingerprint density at radius 1 is 0.714 bits per heavy atom. The molecular formula is C36H43ClN8O4. The maximum atomic E-state index is 11.8. The summed E-state index contributed by atoms with van der Waals surface area (Å²) < 4.78 is 13.4. The maximum Gasteiger partial charge on any atom is 0.341 e. The Labute approximate surface area is 291 Å². The van der Waals surface area contributed by atoms with Crippen LogP contribution in [0.2, 0.25) is 5.15 Å². The predicted octanol–water partition coefficient (Wildman–Crippen LogP) is 5.13. The Bertz CT molecular complexity index is 1800. The molecule has 4 aromatic heterocycles. The number of aryl methyl sites for hydroxylation is 1. The Kier molecular flexibility index (Phi) is 9.57. The van der Waals surface area contributed by atoms with Gasteiger partial charge in [0, 0.05) is 49.8 Å². The summed E-state index contributed by atoms with van der Waals surface area (Å²) in [6, 6.07) is 8.27.